The molecule has 40 heavy (non-hydrogen) atoms. The number of benzene rings is 3. The second-order valence-corrected chi connectivity index (χ2v) is 12.1. The summed E-state index contributed by atoms with van der Waals surface area (Å²) in [6, 6.07) is 19.5. The number of nitrogens with zero attached hydrogens (tertiary/aromatic N) is 4. The van der Waals surface area contributed by atoms with E-state index in [0.29, 0.717) is 35.8 Å². The molecule has 0 aliphatic carbocycles. The standard InChI is InChI=1S/C30H30F2N4O3S/c1-21(2)23-8-10-24(11-9-23)29-28(19-33-36(30(29)37)27-17-25(31)16-26(32)18-27)34-12-14-35(15-13-34)40(38,39)20-22-6-4-3-5-7-22/h3-11,16-19,21H,12-15,20H2,1-2H3. The Morgan fingerprint density at radius 2 is 1.50 bits per heavy atom. The number of sulfonamides is 1. The van der Waals surface area contributed by atoms with Crippen LogP contribution in [0.4, 0.5) is 14.5 Å². The topological polar surface area (TPSA) is 75.5 Å². The van der Waals surface area contributed by atoms with Gasteiger partial charge in [-0.25, -0.2) is 17.2 Å². The van der Waals surface area contributed by atoms with Crippen LogP contribution in [0, 0.1) is 11.6 Å². The summed E-state index contributed by atoms with van der Waals surface area (Å²) in [5.41, 5.74) is 2.77. The third-order valence-electron chi connectivity index (χ3n) is 7.08. The Kier molecular flexibility index (Phi) is 7.82. The van der Waals surface area contributed by atoms with Crippen molar-refractivity contribution in [2.45, 2.75) is 25.5 Å². The van der Waals surface area contributed by atoms with E-state index in [9.17, 15) is 22.0 Å². The van der Waals surface area contributed by atoms with Gasteiger partial charge in [0.15, 0.2) is 0 Å². The van der Waals surface area contributed by atoms with Crippen molar-refractivity contribution < 1.29 is 17.2 Å². The van der Waals surface area contributed by atoms with Gasteiger partial charge in [-0.05, 0) is 34.7 Å². The zero-order valence-electron chi connectivity index (χ0n) is 22.3. The molecule has 5 rings (SSSR count). The van der Waals surface area contributed by atoms with E-state index in [4.69, 9.17) is 0 Å². The fourth-order valence-corrected chi connectivity index (χ4v) is 6.44. The first-order chi connectivity index (χ1) is 19.1. The summed E-state index contributed by atoms with van der Waals surface area (Å²) in [5.74, 6) is -1.42. The predicted molar refractivity (Wildman–Crippen MR) is 152 cm³/mol. The highest BCUT2D eigenvalue weighted by Crippen LogP contribution is 2.30. The van der Waals surface area contributed by atoms with E-state index in [2.05, 4.69) is 18.9 Å². The van der Waals surface area contributed by atoms with Gasteiger partial charge in [-0.2, -0.15) is 14.1 Å². The van der Waals surface area contributed by atoms with E-state index in [1.54, 1.807) is 12.1 Å². The normalized spacial score (nSPS) is 14.6. The molecule has 1 aliphatic heterocycles. The summed E-state index contributed by atoms with van der Waals surface area (Å²) in [4.78, 5) is 15.8. The molecule has 0 spiro atoms. The van der Waals surface area contributed by atoms with Crippen LogP contribution in [0.5, 0.6) is 0 Å². The van der Waals surface area contributed by atoms with Crippen molar-refractivity contribution in [3.8, 4) is 16.8 Å². The highest BCUT2D eigenvalue weighted by atomic mass is 32.2. The van der Waals surface area contributed by atoms with Crippen molar-refractivity contribution in [1.82, 2.24) is 14.1 Å². The Morgan fingerprint density at radius 1 is 0.875 bits per heavy atom. The first-order valence-corrected chi connectivity index (χ1v) is 14.7. The SMILES string of the molecule is CC(C)c1ccc(-c2c(N3CCN(S(=O)(=O)Cc4ccccc4)CC3)cnn(-c3cc(F)cc(F)c3)c2=O)cc1. The zero-order chi connectivity index (χ0) is 28.4. The lowest BCUT2D eigenvalue weighted by Gasteiger charge is -2.36. The Hall–Kier alpha value is -3.89. The van der Waals surface area contributed by atoms with E-state index < -0.39 is 27.2 Å². The summed E-state index contributed by atoms with van der Waals surface area (Å²) in [5, 5.41) is 4.26. The molecule has 0 radical (unpaired) electrons. The number of aromatic nitrogens is 2. The van der Waals surface area contributed by atoms with Gasteiger partial charge in [-0.1, -0.05) is 68.4 Å². The largest absolute Gasteiger partial charge is 0.367 e. The van der Waals surface area contributed by atoms with Gasteiger partial charge in [0.25, 0.3) is 5.56 Å². The summed E-state index contributed by atoms with van der Waals surface area (Å²) in [6.07, 6.45) is 1.50. The minimum absolute atomic E-state index is 0.0223. The number of anilines is 1. The van der Waals surface area contributed by atoms with Crippen LogP contribution < -0.4 is 10.5 Å². The monoisotopic (exact) mass is 564 g/mol. The molecule has 1 aromatic heterocycles. The molecule has 10 heteroatoms. The predicted octanol–water partition coefficient (Wildman–Crippen LogP) is 4.95. The number of hydrogen-bond acceptors (Lipinski definition) is 5. The van der Waals surface area contributed by atoms with Gasteiger partial charge >= 0.3 is 0 Å². The molecule has 4 aromatic rings. The molecule has 0 amide bonds. The number of piperazine rings is 1. The van der Waals surface area contributed by atoms with Gasteiger partial charge in [0.05, 0.1) is 28.9 Å². The maximum atomic E-state index is 14.0. The lowest BCUT2D eigenvalue weighted by Crippen LogP contribution is -2.49. The first kappa shape index (κ1) is 27.7. The van der Waals surface area contributed by atoms with E-state index in [0.717, 1.165) is 34.0 Å². The van der Waals surface area contributed by atoms with E-state index in [-0.39, 0.29) is 24.5 Å². The lowest BCUT2D eigenvalue weighted by molar-refractivity contribution is 0.384. The van der Waals surface area contributed by atoms with Gasteiger partial charge in [-0.3, -0.25) is 4.79 Å². The zero-order valence-corrected chi connectivity index (χ0v) is 23.1. The van der Waals surface area contributed by atoms with Crippen molar-refractivity contribution >= 4 is 15.7 Å². The molecule has 0 atom stereocenters. The summed E-state index contributed by atoms with van der Waals surface area (Å²) in [6.45, 7) is 5.35. The number of rotatable bonds is 7. The molecule has 1 aliphatic rings. The molecular formula is C30H30F2N4O3S. The Labute approximate surface area is 232 Å². The molecule has 0 bridgehead atoms. The number of hydrogen-bond donors (Lipinski definition) is 0. The van der Waals surface area contributed by atoms with Crippen LogP contribution >= 0.6 is 0 Å². The van der Waals surface area contributed by atoms with Crippen LogP contribution in [0.15, 0.2) is 83.8 Å². The third kappa shape index (κ3) is 5.83. The highest BCUT2D eigenvalue weighted by Gasteiger charge is 2.29. The smallest absolute Gasteiger partial charge is 0.281 e. The molecule has 0 unspecified atom stereocenters. The van der Waals surface area contributed by atoms with Crippen LogP contribution in [-0.4, -0.2) is 48.7 Å². The molecule has 1 saturated heterocycles. The summed E-state index contributed by atoms with van der Waals surface area (Å²) < 4.78 is 56.6. The fourth-order valence-electron chi connectivity index (χ4n) is 4.92. The van der Waals surface area contributed by atoms with Crippen LogP contribution in [0.25, 0.3) is 16.8 Å². The van der Waals surface area contributed by atoms with Gasteiger partial charge < -0.3 is 4.90 Å². The van der Waals surface area contributed by atoms with Crippen LogP contribution in [0.3, 0.4) is 0 Å². The highest BCUT2D eigenvalue weighted by molar-refractivity contribution is 7.88. The average Bonchev–Trinajstić information content (AvgIpc) is 2.93. The molecule has 3 aromatic carbocycles. The number of halogens is 2. The van der Waals surface area contributed by atoms with Crippen molar-refractivity contribution in [2.24, 2.45) is 0 Å². The maximum Gasteiger partial charge on any atom is 0.281 e. The van der Waals surface area contributed by atoms with Crippen molar-refractivity contribution in [2.75, 3.05) is 31.1 Å². The van der Waals surface area contributed by atoms with E-state index in [1.807, 2.05) is 47.4 Å². The second-order valence-electron chi connectivity index (χ2n) is 10.2. The molecule has 1 fully saturated rings. The summed E-state index contributed by atoms with van der Waals surface area (Å²) >= 11 is 0. The molecule has 2 heterocycles. The lowest BCUT2D eigenvalue weighted by atomic mass is 9.98. The minimum Gasteiger partial charge on any atom is -0.367 e. The van der Waals surface area contributed by atoms with Gasteiger partial charge in [-0.15, -0.1) is 0 Å². The summed E-state index contributed by atoms with van der Waals surface area (Å²) in [7, 11) is -3.52. The quantitative estimate of drug-likeness (QED) is 0.318. The molecule has 0 saturated carbocycles. The fraction of sp³-hybridized carbons (Fsp3) is 0.267. The Bertz CT molecular complexity index is 1650. The van der Waals surface area contributed by atoms with Crippen LogP contribution in [0.2, 0.25) is 0 Å². The molecule has 7 nitrogen and oxygen atoms in total. The second kappa shape index (κ2) is 11.3. The average molecular weight is 565 g/mol. The van der Waals surface area contributed by atoms with Crippen LogP contribution in [0.1, 0.15) is 30.9 Å². The van der Waals surface area contributed by atoms with Crippen molar-refractivity contribution in [1.29, 1.82) is 0 Å². The first-order valence-electron chi connectivity index (χ1n) is 13.1. The molecule has 208 valence electrons. The Balaban J connectivity index is 1.49. The minimum atomic E-state index is -3.52. The molecular weight excluding hydrogens is 534 g/mol. The van der Waals surface area contributed by atoms with Gasteiger partial charge in [0.2, 0.25) is 10.0 Å². The van der Waals surface area contributed by atoms with Crippen LogP contribution in [-0.2, 0) is 15.8 Å². The van der Waals surface area contributed by atoms with Crippen molar-refractivity contribution in [3.05, 3.63) is 112 Å². The Morgan fingerprint density at radius 3 is 2.10 bits per heavy atom. The van der Waals surface area contributed by atoms with Gasteiger partial charge in [0, 0.05) is 32.2 Å². The van der Waals surface area contributed by atoms with Gasteiger partial charge in [0.1, 0.15) is 11.6 Å². The van der Waals surface area contributed by atoms with Crippen molar-refractivity contribution in [3.63, 3.8) is 0 Å². The van der Waals surface area contributed by atoms with E-state index in [1.165, 1.54) is 10.5 Å². The van der Waals surface area contributed by atoms with E-state index >= 15 is 0 Å². The molecule has 0 N–H and O–H groups in total. The third-order valence-corrected chi connectivity index (χ3v) is 8.93. The maximum absolute atomic E-state index is 14.0.